The Balaban J connectivity index is 1.63. The standard InChI is InChI=1S/C32H36N8O5/c1-19(2)38-29-32(43)40(18-27(41)36-16-20-9-11-21(12-10-20)28(34)35)26(17-37-29)23-13-24(15-25(33)14-23)30(42)39-31(45-44-3)22-7-5-4-6-8-22/h4-15,17,19,31H,16,18,33H2,1-3H3,(H3,34,35)(H,36,41)(H,37,38)(H,39,42)/t31-/m0/s1. The van der Waals surface area contributed by atoms with Crippen LogP contribution in [0.15, 0.2) is 83.8 Å². The maximum Gasteiger partial charge on any atom is 0.294 e. The Morgan fingerprint density at radius 2 is 1.73 bits per heavy atom. The smallest absolute Gasteiger partial charge is 0.294 e. The van der Waals surface area contributed by atoms with Crippen molar-refractivity contribution in [3.8, 4) is 11.3 Å². The van der Waals surface area contributed by atoms with E-state index < -0.39 is 23.6 Å². The molecule has 1 aromatic heterocycles. The molecule has 8 N–H and O–H groups in total. The van der Waals surface area contributed by atoms with Crippen LogP contribution in [0.2, 0.25) is 0 Å². The fourth-order valence-corrected chi connectivity index (χ4v) is 4.47. The Hall–Kier alpha value is -5.53. The third-order valence-corrected chi connectivity index (χ3v) is 6.61. The van der Waals surface area contributed by atoms with Crippen LogP contribution in [-0.4, -0.2) is 40.4 Å². The molecule has 0 unspecified atom stereocenters. The summed E-state index contributed by atoms with van der Waals surface area (Å²) in [6.45, 7) is 3.59. The lowest BCUT2D eigenvalue weighted by molar-refractivity contribution is -0.312. The number of rotatable bonds is 13. The molecule has 1 atom stereocenters. The molecule has 0 spiro atoms. The highest BCUT2D eigenvalue weighted by Crippen LogP contribution is 2.24. The van der Waals surface area contributed by atoms with Gasteiger partial charge in [-0.05, 0) is 37.6 Å². The number of hydrogen-bond acceptors (Lipinski definition) is 9. The zero-order chi connectivity index (χ0) is 32.5. The summed E-state index contributed by atoms with van der Waals surface area (Å²) in [6, 6.07) is 20.4. The highest BCUT2D eigenvalue weighted by molar-refractivity contribution is 5.97. The van der Waals surface area contributed by atoms with Gasteiger partial charge in [0.15, 0.2) is 12.0 Å². The van der Waals surface area contributed by atoms with Crippen LogP contribution >= 0.6 is 0 Å². The van der Waals surface area contributed by atoms with Gasteiger partial charge < -0.3 is 27.4 Å². The van der Waals surface area contributed by atoms with Gasteiger partial charge in [-0.3, -0.25) is 24.4 Å². The summed E-state index contributed by atoms with van der Waals surface area (Å²) >= 11 is 0. The van der Waals surface area contributed by atoms with E-state index in [0.717, 1.165) is 5.56 Å². The monoisotopic (exact) mass is 612 g/mol. The lowest BCUT2D eigenvalue weighted by atomic mass is 10.1. The number of amides is 2. The van der Waals surface area contributed by atoms with E-state index in [2.05, 4.69) is 20.9 Å². The predicted molar refractivity (Wildman–Crippen MR) is 171 cm³/mol. The summed E-state index contributed by atoms with van der Waals surface area (Å²) in [7, 11) is 1.34. The summed E-state index contributed by atoms with van der Waals surface area (Å²) < 4.78 is 1.28. The molecule has 0 aliphatic heterocycles. The second-order valence-corrected chi connectivity index (χ2v) is 10.4. The minimum atomic E-state index is -0.905. The molecule has 0 bridgehead atoms. The molecule has 4 rings (SSSR count). The number of nitrogens with one attached hydrogen (secondary N) is 4. The highest BCUT2D eigenvalue weighted by atomic mass is 17.2. The number of amidine groups is 1. The van der Waals surface area contributed by atoms with E-state index in [9.17, 15) is 14.4 Å². The Bertz CT molecular complexity index is 1720. The van der Waals surface area contributed by atoms with E-state index in [1.807, 2.05) is 19.9 Å². The maximum absolute atomic E-state index is 13.6. The summed E-state index contributed by atoms with van der Waals surface area (Å²) in [5.41, 5.74) is 14.3. The van der Waals surface area contributed by atoms with Gasteiger partial charge in [0.25, 0.3) is 11.5 Å². The fourth-order valence-electron chi connectivity index (χ4n) is 4.47. The number of benzene rings is 3. The summed E-state index contributed by atoms with van der Waals surface area (Å²) in [4.78, 5) is 54.4. The normalized spacial score (nSPS) is 11.6. The van der Waals surface area contributed by atoms with Gasteiger partial charge in [0, 0.05) is 40.5 Å². The van der Waals surface area contributed by atoms with Gasteiger partial charge in [-0.2, -0.15) is 0 Å². The van der Waals surface area contributed by atoms with Crippen molar-refractivity contribution in [1.82, 2.24) is 20.2 Å². The van der Waals surface area contributed by atoms with Crippen molar-refractivity contribution in [3.05, 3.63) is 112 Å². The molecule has 0 aliphatic rings. The molecule has 0 aliphatic carbocycles. The number of nitrogens with zero attached hydrogens (tertiary/aromatic N) is 2. The van der Waals surface area contributed by atoms with Crippen molar-refractivity contribution in [3.63, 3.8) is 0 Å². The van der Waals surface area contributed by atoms with Crippen LogP contribution in [0.3, 0.4) is 0 Å². The SMILES string of the molecule is COO[C@H](NC(=O)c1cc(N)cc(-c2cnc(NC(C)C)c(=O)n2CC(=O)NCc2ccc(C(=N)N)cc2)c1)c1ccccc1. The van der Waals surface area contributed by atoms with Crippen LogP contribution in [-0.2, 0) is 27.7 Å². The molecule has 0 saturated carbocycles. The van der Waals surface area contributed by atoms with Crippen molar-refractivity contribution < 1.29 is 19.4 Å². The second-order valence-electron chi connectivity index (χ2n) is 10.4. The minimum Gasteiger partial charge on any atom is -0.399 e. The van der Waals surface area contributed by atoms with Gasteiger partial charge in [0.1, 0.15) is 12.4 Å². The van der Waals surface area contributed by atoms with E-state index in [-0.39, 0.29) is 47.7 Å². The van der Waals surface area contributed by atoms with Gasteiger partial charge in [0.2, 0.25) is 5.91 Å². The number of hydrogen-bond donors (Lipinski definition) is 6. The average molecular weight is 613 g/mol. The van der Waals surface area contributed by atoms with Crippen molar-refractivity contribution >= 4 is 29.2 Å². The van der Waals surface area contributed by atoms with E-state index in [1.165, 1.54) is 23.9 Å². The van der Waals surface area contributed by atoms with Crippen LogP contribution < -0.4 is 33.0 Å². The molecule has 1 heterocycles. The van der Waals surface area contributed by atoms with Crippen molar-refractivity contribution in [1.29, 1.82) is 5.41 Å². The van der Waals surface area contributed by atoms with Crippen molar-refractivity contribution in [2.24, 2.45) is 5.73 Å². The van der Waals surface area contributed by atoms with E-state index in [1.54, 1.807) is 60.7 Å². The van der Waals surface area contributed by atoms with Crippen LogP contribution in [0.25, 0.3) is 11.3 Å². The largest absolute Gasteiger partial charge is 0.399 e. The quantitative estimate of drug-likeness (QED) is 0.0328. The molecular formula is C32H36N8O5. The number of nitrogen functional groups attached to an aromatic ring is 2. The van der Waals surface area contributed by atoms with Crippen LogP contribution in [0.1, 0.15) is 47.1 Å². The van der Waals surface area contributed by atoms with Crippen molar-refractivity contribution in [2.75, 3.05) is 18.2 Å². The van der Waals surface area contributed by atoms with Gasteiger partial charge in [-0.15, -0.1) is 0 Å². The lowest BCUT2D eigenvalue weighted by Gasteiger charge is -2.19. The molecule has 4 aromatic rings. The Labute approximate surface area is 260 Å². The van der Waals surface area contributed by atoms with E-state index >= 15 is 0 Å². The zero-order valence-electron chi connectivity index (χ0n) is 25.2. The molecule has 234 valence electrons. The topological polar surface area (TPSA) is 199 Å². The number of carbonyl (C=O) groups excluding carboxylic acids is 2. The maximum atomic E-state index is 13.6. The predicted octanol–water partition coefficient (Wildman–Crippen LogP) is 2.92. The van der Waals surface area contributed by atoms with E-state index in [4.69, 9.17) is 26.7 Å². The Morgan fingerprint density at radius 3 is 2.38 bits per heavy atom. The van der Waals surface area contributed by atoms with Gasteiger partial charge >= 0.3 is 0 Å². The van der Waals surface area contributed by atoms with Crippen molar-refractivity contribution in [2.45, 2.75) is 39.2 Å². The molecule has 3 aromatic carbocycles. The minimum absolute atomic E-state index is 0.0532. The third-order valence-electron chi connectivity index (χ3n) is 6.61. The molecule has 45 heavy (non-hydrogen) atoms. The summed E-state index contributed by atoms with van der Waals surface area (Å²) in [5.74, 6) is -0.920. The highest BCUT2D eigenvalue weighted by Gasteiger charge is 2.20. The zero-order valence-corrected chi connectivity index (χ0v) is 25.2. The van der Waals surface area contributed by atoms with E-state index in [0.29, 0.717) is 16.7 Å². The third kappa shape index (κ3) is 8.53. The van der Waals surface area contributed by atoms with Gasteiger partial charge in [0.05, 0.1) is 19.0 Å². The van der Waals surface area contributed by atoms with Gasteiger partial charge in [-0.1, -0.05) is 54.6 Å². The molecule has 0 saturated heterocycles. The Morgan fingerprint density at radius 1 is 1.02 bits per heavy atom. The van der Waals surface area contributed by atoms with Gasteiger partial charge in [-0.25, -0.2) is 14.8 Å². The molecule has 2 amide bonds. The molecular weight excluding hydrogens is 576 g/mol. The van der Waals surface area contributed by atoms with Crippen LogP contribution in [0, 0.1) is 5.41 Å². The molecule has 13 heteroatoms. The first-order valence-corrected chi connectivity index (χ1v) is 14.1. The second kappa shape index (κ2) is 14.8. The average Bonchev–Trinajstić information content (AvgIpc) is 3.02. The summed E-state index contributed by atoms with van der Waals surface area (Å²) in [5, 5.41) is 16.1. The lowest BCUT2D eigenvalue weighted by Crippen LogP contribution is -2.35. The first kappa shape index (κ1) is 32.4. The molecule has 0 fully saturated rings. The number of nitrogens with two attached hydrogens (primary N) is 2. The number of carbonyl (C=O) groups is 2. The van der Waals surface area contributed by atoms with Crippen LogP contribution in [0.4, 0.5) is 11.5 Å². The number of anilines is 2. The first-order valence-electron chi connectivity index (χ1n) is 14.1. The fraction of sp³-hybridized carbons (Fsp3) is 0.219. The number of aromatic nitrogens is 2. The molecule has 13 nitrogen and oxygen atoms in total. The molecule has 0 radical (unpaired) electrons. The Kier molecular flexibility index (Phi) is 10.6. The van der Waals surface area contributed by atoms with Crippen LogP contribution in [0.5, 0.6) is 0 Å². The first-order chi connectivity index (χ1) is 21.5. The summed E-state index contributed by atoms with van der Waals surface area (Å²) in [6.07, 6.45) is 0.550.